The molecule has 2 unspecified atom stereocenters. The number of alkyl halides is 2. The molecule has 2 aromatic carbocycles. The summed E-state index contributed by atoms with van der Waals surface area (Å²) in [5.41, 5.74) is 1.74. The van der Waals surface area contributed by atoms with Crippen LogP contribution in [0.1, 0.15) is 20.7 Å². The Bertz CT molecular complexity index is 610. The van der Waals surface area contributed by atoms with Crippen molar-refractivity contribution in [3.05, 3.63) is 68.6 Å². The predicted octanol–water partition coefficient (Wildman–Crippen LogP) is 6.29. The lowest BCUT2D eigenvalue weighted by Crippen LogP contribution is -2.19. The molecule has 0 saturated heterocycles. The Morgan fingerprint density at radius 1 is 0.900 bits per heavy atom. The lowest BCUT2D eigenvalue weighted by atomic mass is 10.0. The molecule has 0 aliphatic heterocycles. The minimum Gasteiger partial charge on any atom is -0.293 e. The first-order chi connectivity index (χ1) is 9.49. The third kappa shape index (κ3) is 4.03. The van der Waals surface area contributed by atoms with Crippen molar-refractivity contribution in [2.45, 2.75) is 9.65 Å². The highest BCUT2D eigenvalue weighted by Crippen LogP contribution is 2.34. The van der Waals surface area contributed by atoms with E-state index in [2.05, 4.69) is 63.7 Å². The second-order valence-electron chi connectivity index (χ2n) is 4.23. The van der Waals surface area contributed by atoms with Gasteiger partial charge in [-0.25, -0.2) is 0 Å². The van der Waals surface area contributed by atoms with E-state index >= 15 is 0 Å². The summed E-state index contributed by atoms with van der Waals surface area (Å²) >= 11 is 13.9. The summed E-state index contributed by atoms with van der Waals surface area (Å²) in [7, 11) is 0. The molecule has 5 heteroatoms. The normalized spacial score (nSPS) is 13.8. The summed E-state index contributed by atoms with van der Waals surface area (Å²) in [4.78, 5) is 12.1. The molecule has 0 spiro atoms. The van der Waals surface area contributed by atoms with Crippen LogP contribution in [0, 0.1) is 0 Å². The molecule has 0 aliphatic carbocycles. The molecular formula is C15H10Br4O. The summed E-state index contributed by atoms with van der Waals surface area (Å²) < 4.78 is 1.92. The topological polar surface area (TPSA) is 17.1 Å². The van der Waals surface area contributed by atoms with Crippen molar-refractivity contribution < 1.29 is 4.79 Å². The zero-order chi connectivity index (χ0) is 14.7. The highest BCUT2D eigenvalue weighted by atomic mass is 79.9. The van der Waals surface area contributed by atoms with Crippen molar-refractivity contribution in [1.29, 1.82) is 0 Å². The molecule has 2 atom stereocenters. The Labute approximate surface area is 151 Å². The molecule has 0 aliphatic rings. The molecule has 0 radical (unpaired) electrons. The molecule has 0 aromatic heterocycles. The van der Waals surface area contributed by atoms with Crippen LogP contribution in [-0.4, -0.2) is 10.6 Å². The second kappa shape index (κ2) is 7.34. The number of benzene rings is 2. The highest BCUT2D eigenvalue weighted by Gasteiger charge is 2.26. The molecule has 0 N–H and O–H groups in total. The van der Waals surface area contributed by atoms with Gasteiger partial charge in [-0.05, 0) is 29.8 Å². The number of carbonyl (C=O) groups is 1. The summed E-state index contributed by atoms with van der Waals surface area (Å²) in [6, 6.07) is 15.3. The van der Waals surface area contributed by atoms with E-state index in [-0.39, 0.29) is 15.4 Å². The zero-order valence-electron chi connectivity index (χ0n) is 10.2. The molecular weight excluding hydrogens is 516 g/mol. The van der Waals surface area contributed by atoms with Crippen LogP contribution >= 0.6 is 63.7 Å². The van der Waals surface area contributed by atoms with E-state index in [1.807, 2.05) is 48.5 Å². The molecule has 2 rings (SSSR count). The third-order valence-electron chi connectivity index (χ3n) is 2.80. The van der Waals surface area contributed by atoms with Crippen LogP contribution < -0.4 is 0 Å². The zero-order valence-corrected chi connectivity index (χ0v) is 16.5. The van der Waals surface area contributed by atoms with Gasteiger partial charge in [0.15, 0.2) is 5.78 Å². The molecule has 0 heterocycles. The highest BCUT2D eigenvalue weighted by molar-refractivity contribution is 9.12. The Hall–Kier alpha value is 0.0300. The Kier molecular flexibility index (Phi) is 6.02. The quantitative estimate of drug-likeness (QED) is 0.338. The average Bonchev–Trinajstić information content (AvgIpc) is 2.46. The molecule has 0 amide bonds. The van der Waals surface area contributed by atoms with Crippen LogP contribution in [0.2, 0.25) is 0 Å². The van der Waals surface area contributed by atoms with E-state index in [0.717, 1.165) is 14.5 Å². The number of rotatable bonds is 4. The van der Waals surface area contributed by atoms with E-state index < -0.39 is 0 Å². The van der Waals surface area contributed by atoms with Gasteiger partial charge in [-0.2, -0.15) is 0 Å². The van der Waals surface area contributed by atoms with Crippen molar-refractivity contribution in [1.82, 2.24) is 0 Å². The number of carbonyl (C=O) groups excluding carboxylic acids is 1. The summed E-state index contributed by atoms with van der Waals surface area (Å²) in [6.45, 7) is 0. The van der Waals surface area contributed by atoms with Crippen LogP contribution in [-0.2, 0) is 0 Å². The smallest absolute Gasteiger partial charge is 0.177 e. The number of hydrogen-bond acceptors (Lipinski definition) is 1. The maximum atomic E-state index is 12.5. The average molecular weight is 526 g/mol. The maximum absolute atomic E-state index is 12.5. The second-order valence-corrected chi connectivity index (χ2v) is 8.03. The van der Waals surface area contributed by atoms with E-state index in [1.165, 1.54) is 0 Å². The van der Waals surface area contributed by atoms with Gasteiger partial charge in [0.25, 0.3) is 0 Å². The molecule has 0 bridgehead atoms. The summed E-state index contributed by atoms with van der Waals surface area (Å²) in [5, 5.41) is 0. The van der Waals surface area contributed by atoms with Gasteiger partial charge in [-0.3, -0.25) is 4.79 Å². The molecule has 20 heavy (non-hydrogen) atoms. The van der Waals surface area contributed by atoms with Gasteiger partial charge >= 0.3 is 0 Å². The lowest BCUT2D eigenvalue weighted by molar-refractivity contribution is 0.0991. The van der Waals surface area contributed by atoms with Crippen molar-refractivity contribution in [3.8, 4) is 0 Å². The van der Waals surface area contributed by atoms with Crippen molar-refractivity contribution >= 4 is 69.5 Å². The minimum absolute atomic E-state index is 0.0519. The van der Waals surface area contributed by atoms with Gasteiger partial charge in [-0.15, -0.1) is 0 Å². The van der Waals surface area contributed by atoms with Gasteiger partial charge in [0, 0.05) is 14.5 Å². The van der Waals surface area contributed by atoms with Gasteiger partial charge < -0.3 is 0 Å². The van der Waals surface area contributed by atoms with Gasteiger partial charge in [-0.1, -0.05) is 88.0 Å². The van der Waals surface area contributed by atoms with E-state index in [9.17, 15) is 4.79 Å². The fourth-order valence-corrected chi connectivity index (χ4v) is 3.53. The first-order valence-corrected chi connectivity index (χ1v) is 9.24. The summed E-state index contributed by atoms with van der Waals surface area (Å²) in [5.74, 6) is 0.0519. The minimum atomic E-state index is -0.321. The van der Waals surface area contributed by atoms with E-state index in [4.69, 9.17) is 0 Å². The van der Waals surface area contributed by atoms with Crippen LogP contribution in [0.15, 0.2) is 57.5 Å². The number of ketones is 1. The first kappa shape index (κ1) is 16.4. The first-order valence-electron chi connectivity index (χ1n) is 5.82. The van der Waals surface area contributed by atoms with Crippen LogP contribution in [0.25, 0.3) is 0 Å². The SMILES string of the molecule is O=C(c1cccc(Br)c1)C(Br)C(Br)c1ccc(Br)cc1. The molecule has 104 valence electrons. The fourth-order valence-electron chi connectivity index (χ4n) is 1.75. The van der Waals surface area contributed by atoms with Crippen molar-refractivity contribution in [3.63, 3.8) is 0 Å². The number of Topliss-reactive ketones (excluding diaryl/α,β-unsaturated/α-hetero) is 1. The molecule has 0 saturated carbocycles. The number of hydrogen-bond donors (Lipinski definition) is 0. The van der Waals surface area contributed by atoms with Gasteiger partial charge in [0.05, 0.1) is 9.65 Å². The maximum Gasteiger partial charge on any atom is 0.177 e. The number of halogens is 4. The van der Waals surface area contributed by atoms with E-state index in [1.54, 1.807) is 0 Å². The van der Waals surface area contributed by atoms with Crippen LogP contribution in [0.3, 0.4) is 0 Å². The van der Waals surface area contributed by atoms with Crippen molar-refractivity contribution in [2.75, 3.05) is 0 Å². The summed E-state index contributed by atoms with van der Waals surface area (Å²) in [6.07, 6.45) is 0. The molecule has 2 aromatic rings. The standard InChI is InChI=1S/C15H10Br4O/c16-11-6-4-9(5-7-11)13(18)14(19)15(20)10-2-1-3-12(17)8-10/h1-8,13-14H. The Morgan fingerprint density at radius 2 is 1.55 bits per heavy atom. The van der Waals surface area contributed by atoms with Gasteiger partial charge in [0.1, 0.15) is 0 Å². The predicted molar refractivity (Wildman–Crippen MR) is 97.0 cm³/mol. The largest absolute Gasteiger partial charge is 0.293 e. The van der Waals surface area contributed by atoms with Gasteiger partial charge in [0.2, 0.25) is 0 Å². The Morgan fingerprint density at radius 3 is 2.15 bits per heavy atom. The third-order valence-corrected chi connectivity index (χ3v) is 6.54. The van der Waals surface area contributed by atoms with Crippen LogP contribution in [0.5, 0.6) is 0 Å². The monoisotopic (exact) mass is 522 g/mol. The molecule has 0 fully saturated rings. The Balaban J connectivity index is 2.20. The lowest BCUT2D eigenvalue weighted by Gasteiger charge is -2.16. The van der Waals surface area contributed by atoms with Crippen molar-refractivity contribution in [2.24, 2.45) is 0 Å². The van der Waals surface area contributed by atoms with E-state index in [0.29, 0.717) is 5.56 Å². The fraction of sp³-hybridized carbons (Fsp3) is 0.133. The van der Waals surface area contributed by atoms with Crippen LogP contribution in [0.4, 0.5) is 0 Å². The molecule has 1 nitrogen and oxygen atoms in total.